The van der Waals surface area contributed by atoms with E-state index in [-0.39, 0.29) is 5.69 Å². The van der Waals surface area contributed by atoms with Crippen LogP contribution in [0.3, 0.4) is 0 Å². The Morgan fingerprint density at radius 3 is 2.52 bits per heavy atom. The average molecular weight is 287 g/mol. The third-order valence-corrected chi connectivity index (χ3v) is 2.80. The van der Waals surface area contributed by atoms with E-state index in [0.29, 0.717) is 5.69 Å². The lowest BCUT2D eigenvalue weighted by Gasteiger charge is -1.99. The topological polar surface area (TPSA) is 67.5 Å². The lowest BCUT2D eigenvalue weighted by molar-refractivity contribution is -0.384. The second-order valence-electron chi connectivity index (χ2n) is 5.03. The van der Waals surface area contributed by atoms with Crippen molar-refractivity contribution >= 4 is 17.6 Å². The summed E-state index contributed by atoms with van der Waals surface area (Å²) in [5.41, 5.74) is 6.20. The van der Waals surface area contributed by atoms with Crippen molar-refractivity contribution in [3.63, 3.8) is 0 Å². The van der Waals surface area contributed by atoms with Crippen molar-refractivity contribution in [2.24, 2.45) is 5.10 Å². The molecule has 0 unspecified atom stereocenters. The molecule has 0 amide bonds. The van der Waals surface area contributed by atoms with E-state index >= 15 is 0 Å². The van der Waals surface area contributed by atoms with Crippen LogP contribution in [0.5, 0.6) is 0 Å². The van der Waals surface area contributed by atoms with Crippen LogP contribution in [0.15, 0.2) is 52.7 Å². The van der Waals surface area contributed by atoms with Gasteiger partial charge in [-0.25, -0.2) is 0 Å². The molecule has 1 N–H and O–H groups in total. The number of anilines is 1. The van der Waals surface area contributed by atoms with Crippen LogP contribution in [0.1, 0.15) is 33.6 Å². The molecule has 5 heteroatoms. The minimum Gasteiger partial charge on any atom is -0.279 e. The Morgan fingerprint density at radius 2 is 1.95 bits per heavy atom. The molecule has 1 rings (SSSR count). The van der Waals surface area contributed by atoms with Crippen molar-refractivity contribution in [1.29, 1.82) is 0 Å². The maximum atomic E-state index is 10.5. The Morgan fingerprint density at radius 1 is 1.29 bits per heavy atom. The Hall–Kier alpha value is -2.43. The fourth-order valence-electron chi connectivity index (χ4n) is 1.61. The van der Waals surface area contributed by atoms with Gasteiger partial charge >= 0.3 is 0 Å². The van der Waals surface area contributed by atoms with Crippen LogP contribution in [-0.2, 0) is 0 Å². The highest BCUT2D eigenvalue weighted by Crippen LogP contribution is 2.15. The van der Waals surface area contributed by atoms with Crippen molar-refractivity contribution < 1.29 is 4.92 Å². The SMILES string of the molecule is CC(C)=CCC/C(C)=C/C=N/Nc1ccc([N+](=O)[O-])cc1. The zero-order valence-corrected chi connectivity index (χ0v) is 12.7. The smallest absolute Gasteiger partial charge is 0.269 e. The number of rotatable bonds is 7. The zero-order chi connectivity index (χ0) is 15.7. The quantitative estimate of drug-likeness (QED) is 0.342. The van der Waals surface area contributed by atoms with Gasteiger partial charge in [0.2, 0.25) is 0 Å². The van der Waals surface area contributed by atoms with Gasteiger partial charge in [0.15, 0.2) is 0 Å². The highest BCUT2D eigenvalue weighted by molar-refractivity contribution is 5.73. The molecule has 0 aromatic heterocycles. The monoisotopic (exact) mass is 287 g/mol. The fourth-order valence-corrected chi connectivity index (χ4v) is 1.61. The second-order valence-corrected chi connectivity index (χ2v) is 5.03. The van der Waals surface area contributed by atoms with Gasteiger partial charge in [-0.2, -0.15) is 5.10 Å². The maximum Gasteiger partial charge on any atom is 0.269 e. The van der Waals surface area contributed by atoms with Crippen LogP contribution in [0, 0.1) is 10.1 Å². The number of nitro groups is 1. The molecule has 0 aliphatic heterocycles. The molecule has 0 aliphatic carbocycles. The minimum atomic E-state index is -0.425. The summed E-state index contributed by atoms with van der Waals surface area (Å²) in [6.07, 6.45) is 7.91. The number of benzene rings is 1. The summed E-state index contributed by atoms with van der Waals surface area (Å²) in [5, 5.41) is 14.6. The molecule has 5 nitrogen and oxygen atoms in total. The van der Waals surface area contributed by atoms with Gasteiger partial charge in [-0.1, -0.05) is 17.2 Å². The van der Waals surface area contributed by atoms with Crippen molar-refractivity contribution in [3.05, 3.63) is 57.7 Å². The summed E-state index contributed by atoms with van der Waals surface area (Å²) in [5.74, 6) is 0. The second kappa shape index (κ2) is 8.68. The van der Waals surface area contributed by atoms with Crippen LogP contribution < -0.4 is 5.43 Å². The first-order valence-corrected chi connectivity index (χ1v) is 6.81. The Kier molecular flexibility index (Phi) is 6.87. The highest BCUT2D eigenvalue weighted by atomic mass is 16.6. The maximum absolute atomic E-state index is 10.5. The van der Waals surface area contributed by atoms with E-state index < -0.39 is 4.92 Å². The number of hydrogen-bond donors (Lipinski definition) is 1. The summed E-state index contributed by atoms with van der Waals surface area (Å²) in [6.45, 7) is 6.25. The van der Waals surface area contributed by atoms with E-state index in [4.69, 9.17) is 0 Å². The van der Waals surface area contributed by atoms with Crippen molar-refractivity contribution in [3.8, 4) is 0 Å². The molecule has 0 saturated carbocycles. The lowest BCUT2D eigenvalue weighted by atomic mass is 10.1. The summed E-state index contributed by atoms with van der Waals surface area (Å²) in [7, 11) is 0. The number of nitro benzene ring substituents is 1. The molecule has 0 fully saturated rings. The number of hydrogen-bond acceptors (Lipinski definition) is 4. The Bertz CT molecular complexity index is 553. The molecule has 0 spiro atoms. The van der Waals surface area contributed by atoms with Gasteiger partial charge in [0.1, 0.15) is 0 Å². The van der Waals surface area contributed by atoms with E-state index in [9.17, 15) is 10.1 Å². The first-order chi connectivity index (χ1) is 9.99. The minimum absolute atomic E-state index is 0.0690. The van der Waals surface area contributed by atoms with Crippen molar-refractivity contribution in [2.75, 3.05) is 5.43 Å². The van der Waals surface area contributed by atoms with Crippen molar-refractivity contribution in [1.82, 2.24) is 0 Å². The molecule has 21 heavy (non-hydrogen) atoms. The van der Waals surface area contributed by atoms with Gasteiger partial charge in [-0.05, 0) is 51.8 Å². The summed E-state index contributed by atoms with van der Waals surface area (Å²) in [6, 6.07) is 6.14. The zero-order valence-electron chi connectivity index (χ0n) is 12.7. The highest BCUT2D eigenvalue weighted by Gasteiger charge is 2.02. The van der Waals surface area contributed by atoms with Gasteiger partial charge in [-0.15, -0.1) is 0 Å². The van der Waals surface area contributed by atoms with E-state index in [1.807, 2.05) is 6.08 Å². The number of hydrazone groups is 1. The predicted octanol–water partition coefficient (Wildman–Crippen LogP) is 4.69. The third kappa shape index (κ3) is 7.06. The van der Waals surface area contributed by atoms with Gasteiger partial charge < -0.3 is 0 Å². The molecular weight excluding hydrogens is 266 g/mol. The van der Waals surface area contributed by atoms with Crippen molar-refractivity contribution in [2.45, 2.75) is 33.6 Å². The predicted molar refractivity (Wildman–Crippen MR) is 87.6 cm³/mol. The number of nitrogens with one attached hydrogen (secondary N) is 1. The molecule has 0 atom stereocenters. The first-order valence-electron chi connectivity index (χ1n) is 6.81. The summed E-state index contributed by atoms with van der Waals surface area (Å²) in [4.78, 5) is 10.1. The third-order valence-electron chi connectivity index (χ3n) is 2.80. The Labute approximate surface area is 125 Å². The summed E-state index contributed by atoms with van der Waals surface area (Å²) >= 11 is 0. The molecule has 1 aromatic carbocycles. The number of allylic oxidation sites excluding steroid dienone is 4. The average Bonchev–Trinajstić information content (AvgIpc) is 2.43. The number of non-ortho nitro benzene ring substituents is 1. The van der Waals surface area contributed by atoms with Crippen LogP contribution in [0.25, 0.3) is 0 Å². The van der Waals surface area contributed by atoms with Crippen LogP contribution >= 0.6 is 0 Å². The van der Waals surface area contributed by atoms with Gasteiger partial charge in [-0.3, -0.25) is 15.5 Å². The summed E-state index contributed by atoms with van der Waals surface area (Å²) < 4.78 is 0. The molecule has 0 heterocycles. The molecule has 0 radical (unpaired) electrons. The van der Waals surface area contributed by atoms with Crippen LogP contribution in [0.4, 0.5) is 11.4 Å². The lowest BCUT2D eigenvalue weighted by Crippen LogP contribution is -1.91. The van der Waals surface area contributed by atoms with E-state index in [1.54, 1.807) is 18.3 Å². The Balaban J connectivity index is 2.43. The van der Waals surface area contributed by atoms with Gasteiger partial charge in [0.05, 0.1) is 10.6 Å². The molecule has 0 aliphatic rings. The van der Waals surface area contributed by atoms with E-state index in [0.717, 1.165) is 12.8 Å². The molecule has 0 saturated heterocycles. The van der Waals surface area contributed by atoms with Crippen LogP contribution in [0.2, 0.25) is 0 Å². The first kappa shape index (κ1) is 16.6. The molecule has 0 bridgehead atoms. The number of nitrogens with zero attached hydrogens (tertiary/aromatic N) is 2. The molecule has 112 valence electrons. The molecule has 1 aromatic rings. The van der Waals surface area contributed by atoms with E-state index in [2.05, 4.69) is 37.4 Å². The van der Waals surface area contributed by atoms with Gasteiger partial charge in [0.25, 0.3) is 5.69 Å². The van der Waals surface area contributed by atoms with Gasteiger partial charge in [0, 0.05) is 18.3 Å². The van der Waals surface area contributed by atoms with Crippen LogP contribution in [-0.4, -0.2) is 11.1 Å². The standard InChI is InChI=1S/C16H21N3O2/c1-13(2)5-4-6-14(3)11-12-17-18-15-7-9-16(10-8-15)19(20)21/h5,7-12,18H,4,6H2,1-3H3/b14-11+,17-12+. The largest absolute Gasteiger partial charge is 0.279 e. The fraction of sp³-hybridized carbons (Fsp3) is 0.312. The normalized spacial score (nSPS) is 11.5. The van der Waals surface area contributed by atoms with E-state index in [1.165, 1.54) is 23.3 Å². The molecular formula is C16H21N3O2.